The lowest BCUT2D eigenvalue weighted by Gasteiger charge is -2.07. The molecule has 0 radical (unpaired) electrons. The maximum atomic E-state index is 11.9. The molecule has 0 spiro atoms. The van der Waals surface area contributed by atoms with Gasteiger partial charge in [-0.15, -0.1) is 0 Å². The van der Waals surface area contributed by atoms with Gasteiger partial charge in [-0.3, -0.25) is 0 Å². The first-order valence-corrected chi connectivity index (χ1v) is 6.80. The molecule has 2 aromatic rings. The molecule has 21 heavy (non-hydrogen) atoms. The lowest BCUT2D eigenvalue weighted by Crippen LogP contribution is -2.05. The van der Waals surface area contributed by atoms with Crippen LogP contribution < -0.4 is 0 Å². The van der Waals surface area contributed by atoms with Crippen molar-refractivity contribution in [3.63, 3.8) is 0 Å². The van der Waals surface area contributed by atoms with Crippen LogP contribution in [0.4, 0.5) is 0 Å². The SMILES string of the molecule is C=C(/C(CC)=N/OC(=O)c1ccccc1)c1ccccc1. The predicted octanol–water partition coefficient (Wildman–Crippen LogP) is 4.32. The molecule has 0 saturated carbocycles. The molecule has 2 aromatic carbocycles. The number of hydrogen-bond acceptors (Lipinski definition) is 3. The third kappa shape index (κ3) is 3.89. The van der Waals surface area contributed by atoms with Crippen molar-refractivity contribution in [3.05, 3.63) is 78.4 Å². The van der Waals surface area contributed by atoms with Gasteiger partial charge in [0.15, 0.2) is 0 Å². The van der Waals surface area contributed by atoms with Crippen LogP contribution in [0.2, 0.25) is 0 Å². The zero-order chi connectivity index (χ0) is 15.1. The number of oxime groups is 1. The second kappa shape index (κ2) is 7.20. The molecule has 0 heterocycles. The van der Waals surface area contributed by atoms with Crippen molar-refractivity contribution in [2.45, 2.75) is 13.3 Å². The van der Waals surface area contributed by atoms with E-state index in [0.29, 0.717) is 17.7 Å². The van der Waals surface area contributed by atoms with Crippen LogP contribution in [0, 0.1) is 0 Å². The van der Waals surface area contributed by atoms with Crippen LogP contribution in [0.3, 0.4) is 0 Å². The first kappa shape index (κ1) is 14.7. The average Bonchev–Trinajstić information content (AvgIpc) is 2.56. The van der Waals surface area contributed by atoms with Crippen LogP contribution in [0.5, 0.6) is 0 Å². The van der Waals surface area contributed by atoms with Gasteiger partial charge in [0.2, 0.25) is 0 Å². The Kier molecular flexibility index (Phi) is 5.04. The normalized spacial score (nSPS) is 11.0. The molecule has 0 fully saturated rings. The van der Waals surface area contributed by atoms with Crippen molar-refractivity contribution in [1.82, 2.24) is 0 Å². The molecule has 0 aromatic heterocycles. The van der Waals surface area contributed by atoms with Crippen molar-refractivity contribution in [2.75, 3.05) is 0 Å². The number of rotatable bonds is 5. The van der Waals surface area contributed by atoms with Gasteiger partial charge in [-0.05, 0) is 29.7 Å². The Hall–Kier alpha value is -2.68. The van der Waals surface area contributed by atoms with Gasteiger partial charge in [-0.2, -0.15) is 0 Å². The van der Waals surface area contributed by atoms with Crippen LogP contribution in [-0.4, -0.2) is 11.7 Å². The van der Waals surface area contributed by atoms with Gasteiger partial charge in [-0.1, -0.05) is 67.2 Å². The summed E-state index contributed by atoms with van der Waals surface area (Å²) in [7, 11) is 0. The van der Waals surface area contributed by atoms with E-state index in [0.717, 1.165) is 11.1 Å². The Bertz CT molecular complexity index is 645. The minimum atomic E-state index is -0.470. The van der Waals surface area contributed by atoms with E-state index in [4.69, 9.17) is 4.84 Å². The summed E-state index contributed by atoms with van der Waals surface area (Å²) in [5, 5.41) is 3.96. The number of allylic oxidation sites excluding steroid dienone is 1. The average molecular weight is 279 g/mol. The summed E-state index contributed by atoms with van der Waals surface area (Å²) < 4.78 is 0. The van der Waals surface area contributed by atoms with Crippen LogP contribution in [0.15, 0.2) is 72.4 Å². The molecule has 0 amide bonds. The monoisotopic (exact) mass is 279 g/mol. The van der Waals surface area contributed by atoms with E-state index in [1.165, 1.54) is 0 Å². The molecule has 0 saturated heterocycles. The van der Waals surface area contributed by atoms with E-state index in [1.54, 1.807) is 24.3 Å². The summed E-state index contributed by atoms with van der Waals surface area (Å²) in [6, 6.07) is 18.5. The van der Waals surface area contributed by atoms with Crippen molar-refractivity contribution in [3.8, 4) is 0 Å². The van der Waals surface area contributed by atoms with Crippen molar-refractivity contribution in [1.29, 1.82) is 0 Å². The standard InChI is InChI=1S/C18H17NO2/c1-3-17(14(2)15-10-6-4-7-11-15)19-21-18(20)16-12-8-5-9-13-16/h4-13H,2-3H2,1H3/b19-17+. The summed E-state index contributed by atoms with van der Waals surface area (Å²) in [5.74, 6) is -0.470. The highest BCUT2D eigenvalue weighted by Gasteiger charge is 2.09. The Morgan fingerprint density at radius 2 is 1.52 bits per heavy atom. The zero-order valence-electron chi connectivity index (χ0n) is 12.0. The second-order valence-electron chi connectivity index (χ2n) is 4.48. The first-order valence-electron chi connectivity index (χ1n) is 6.80. The summed E-state index contributed by atoms with van der Waals surface area (Å²) in [5.41, 5.74) is 2.86. The lowest BCUT2D eigenvalue weighted by atomic mass is 10.0. The topological polar surface area (TPSA) is 38.7 Å². The van der Waals surface area contributed by atoms with Crippen LogP contribution in [0.25, 0.3) is 5.57 Å². The van der Waals surface area contributed by atoms with E-state index in [1.807, 2.05) is 43.3 Å². The number of benzene rings is 2. The number of carbonyl (C=O) groups is 1. The fourth-order valence-electron chi connectivity index (χ4n) is 1.86. The largest absolute Gasteiger partial charge is 0.365 e. The second-order valence-corrected chi connectivity index (χ2v) is 4.48. The van der Waals surface area contributed by atoms with E-state index < -0.39 is 5.97 Å². The van der Waals surface area contributed by atoms with E-state index >= 15 is 0 Å². The fourth-order valence-corrected chi connectivity index (χ4v) is 1.86. The molecular formula is C18H17NO2. The number of carbonyl (C=O) groups excluding carboxylic acids is 1. The highest BCUT2D eigenvalue weighted by Crippen LogP contribution is 2.16. The van der Waals surface area contributed by atoms with Crippen LogP contribution in [0.1, 0.15) is 29.3 Å². The maximum absolute atomic E-state index is 11.9. The lowest BCUT2D eigenvalue weighted by molar-refractivity contribution is 0.0516. The zero-order valence-corrected chi connectivity index (χ0v) is 12.0. The van der Waals surface area contributed by atoms with Gasteiger partial charge in [0, 0.05) is 0 Å². The van der Waals surface area contributed by atoms with Gasteiger partial charge >= 0.3 is 5.97 Å². The summed E-state index contributed by atoms with van der Waals surface area (Å²) in [6.45, 7) is 5.97. The quantitative estimate of drug-likeness (QED) is 0.464. The summed E-state index contributed by atoms with van der Waals surface area (Å²) in [6.07, 6.45) is 0.635. The molecule has 0 aliphatic rings. The molecule has 0 bridgehead atoms. The molecule has 2 rings (SSSR count). The summed E-state index contributed by atoms with van der Waals surface area (Å²) in [4.78, 5) is 16.9. The minimum Gasteiger partial charge on any atom is -0.313 e. The van der Waals surface area contributed by atoms with Crippen LogP contribution >= 0.6 is 0 Å². The highest BCUT2D eigenvalue weighted by molar-refractivity contribution is 6.23. The highest BCUT2D eigenvalue weighted by atomic mass is 16.7. The van der Waals surface area contributed by atoms with E-state index in [2.05, 4.69) is 11.7 Å². The molecule has 106 valence electrons. The molecule has 3 nitrogen and oxygen atoms in total. The van der Waals surface area contributed by atoms with Gasteiger partial charge in [0.25, 0.3) is 0 Å². The van der Waals surface area contributed by atoms with Gasteiger partial charge in [-0.25, -0.2) is 4.79 Å². The van der Waals surface area contributed by atoms with Crippen molar-refractivity contribution >= 4 is 17.3 Å². The minimum absolute atomic E-state index is 0.470. The van der Waals surface area contributed by atoms with Gasteiger partial charge < -0.3 is 4.84 Å². The summed E-state index contributed by atoms with van der Waals surface area (Å²) >= 11 is 0. The third-order valence-corrected chi connectivity index (χ3v) is 3.05. The molecular weight excluding hydrogens is 262 g/mol. The molecule has 0 N–H and O–H groups in total. The third-order valence-electron chi connectivity index (χ3n) is 3.05. The van der Waals surface area contributed by atoms with Crippen molar-refractivity contribution < 1.29 is 9.63 Å². The maximum Gasteiger partial charge on any atom is 0.365 e. The van der Waals surface area contributed by atoms with E-state index in [9.17, 15) is 4.79 Å². The Morgan fingerprint density at radius 3 is 2.05 bits per heavy atom. The van der Waals surface area contributed by atoms with E-state index in [-0.39, 0.29) is 0 Å². The molecule has 0 atom stereocenters. The fraction of sp³-hybridized carbons (Fsp3) is 0.111. The Morgan fingerprint density at radius 1 is 1.00 bits per heavy atom. The van der Waals surface area contributed by atoms with Crippen molar-refractivity contribution in [2.24, 2.45) is 5.16 Å². The molecule has 0 unspecified atom stereocenters. The van der Waals surface area contributed by atoms with Gasteiger partial charge in [0.1, 0.15) is 0 Å². The molecule has 0 aliphatic heterocycles. The number of hydrogen-bond donors (Lipinski definition) is 0. The smallest absolute Gasteiger partial charge is 0.313 e. The van der Waals surface area contributed by atoms with Gasteiger partial charge in [0.05, 0.1) is 11.3 Å². The van der Waals surface area contributed by atoms with Crippen LogP contribution in [-0.2, 0) is 4.84 Å². The Labute approximate surface area is 124 Å². The predicted molar refractivity (Wildman–Crippen MR) is 85.1 cm³/mol. The number of nitrogens with zero attached hydrogens (tertiary/aromatic N) is 1. The Balaban J connectivity index is 2.11. The molecule has 3 heteroatoms. The molecule has 0 aliphatic carbocycles. The first-order chi connectivity index (χ1) is 10.2.